The molecule has 0 atom stereocenters. The van der Waals surface area contributed by atoms with Crippen LogP contribution in [0.3, 0.4) is 0 Å². The molecule has 0 saturated heterocycles. The summed E-state index contributed by atoms with van der Waals surface area (Å²) in [5.74, 6) is 0. The first-order valence-electron chi connectivity index (χ1n) is 8.12. The van der Waals surface area contributed by atoms with Crippen LogP contribution in [0.4, 0.5) is 0 Å². The highest BCUT2D eigenvalue weighted by atomic mass is 14.0. The fourth-order valence-corrected chi connectivity index (χ4v) is 2.19. The van der Waals surface area contributed by atoms with Gasteiger partial charge in [-0.15, -0.1) is 0 Å². The van der Waals surface area contributed by atoms with Crippen molar-refractivity contribution in [1.82, 2.24) is 0 Å². The van der Waals surface area contributed by atoms with Gasteiger partial charge in [0.25, 0.3) is 0 Å². The monoisotopic (exact) mass is 238 g/mol. The maximum atomic E-state index is 3.57. The van der Waals surface area contributed by atoms with Gasteiger partial charge in [0.05, 0.1) is 0 Å². The normalized spacial score (nSPS) is 10.9. The molecule has 0 bridgehead atoms. The highest BCUT2D eigenvalue weighted by Gasteiger charge is 1.93. The fraction of sp³-hybridized carbons (Fsp3) is 0.941. The van der Waals surface area contributed by atoms with Crippen molar-refractivity contribution < 1.29 is 0 Å². The molecule has 0 nitrogen and oxygen atoms in total. The molecule has 0 aromatic carbocycles. The van der Waals surface area contributed by atoms with Gasteiger partial charge in [-0.3, -0.25) is 0 Å². The molecule has 0 aromatic rings. The molecule has 0 aliphatic rings. The first-order chi connectivity index (χ1) is 8.41. The Hall–Kier alpha value is 0. The van der Waals surface area contributed by atoms with E-state index in [0.717, 1.165) is 0 Å². The van der Waals surface area contributed by atoms with Crippen LogP contribution in [0.1, 0.15) is 104 Å². The number of hydrogen-bond donors (Lipinski definition) is 0. The molecule has 0 amide bonds. The van der Waals surface area contributed by atoms with E-state index in [2.05, 4.69) is 20.3 Å². The molecule has 17 heavy (non-hydrogen) atoms. The lowest BCUT2D eigenvalue weighted by Crippen LogP contribution is -1.83. The predicted molar refractivity (Wildman–Crippen MR) is 79.2 cm³/mol. The van der Waals surface area contributed by atoms with E-state index in [9.17, 15) is 0 Å². The van der Waals surface area contributed by atoms with Crippen molar-refractivity contribution in [2.45, 2.75) is 104 Å². The summed E-state index contributed by atoms with van der Waals surface area (Å²) in [4.78, 5) is 0. The first kappa shape index (κ1) is 17.0. The summed E-state index contributed by atoms with van der Waals surface area (Å²) in [5.41, 5.74) is 0. The minimum atomic E-state index is 1.24. The SMILES string of the molecule is CCCCCCCC[C]CCCCCCCC. The maximum Gasteiger partial charge on any atom is -0.0173 e. The smallest absolute Gasteiger partial charge is 0.0173 e. The summed E-state index contributed by atoms with van der Waals surface area (Å²) in [5, 5.41) is 0. The van der Waals surface area contributed by atoms with Gasteiger partial charge in [-0.25, -0.2) is 0 Å². The minimum Gasteiger partial charge on any atom is -0.0654 e. The molecule has 0 aliphatic carbocycles. The highest BCUT2D eigenvalue weighted by molar-refractivity contribution is 4.64. The molecule has 0 aromatic heterocycles. The molecule has 0 heteroatoms. The Morgan fingerprint density at radius 2 is 0.824 bits per heavy atom. The Balaban J connectivity index is 2.85. The molecule has 0 rings (SSSR count). The zero-order valence-corrected chi connectivity index (χ0v) is 12.4. The van der Waals surface area contributed by atoms with Crippen LogP contribution in [0.25, 0.3) is 0 Å². The van der Waals surface area contributed by atoms with Gasteiger partial charge in [0, 0.05) is 0 Å². The molecule has 0 fully saturated rings. The lowest BCUT2D eigenvalue weighted by molar-refractivity contribution is 0.581. The second-order valence-corrected chi connectivity index (χ2v) is 5.29. The summed E-state index contributed by atoms with van der Waals surface area (Å²) in [6, 6.07) is 0. The first-order valence-corrected chi connectivity index (χ1v) is 8.12. The standard InChI is InChI=1S/C17H34/c1-3-5-7-9-11-13-15-17-16-14-12-10-8-6-4-2/h3-16H2,1-2H3. The van der Waals surface area contributed by atoms with E-state index >= 15 is 0 Å². The third-order valence-electron chi connectivity index (χ3n) is 3.41. The van der Waals surface area contributed by atoms with E-state index in [4.69, 9.17) is 0 Å². The Kier molecular flexibility index (Phi) is 16.0. The molecular weight excluding hydrogens is 204 g/mol. The fourth-order valence-electron chi connectivity index (χ4n) is 2.19. The minimum absolute atomic E-state index is 1.24. The van der Waals surface area contributed by atoms with E-state index in [1.54, 1.807) is 0 Å². The van der Waals surface area contributed by atoms with E-state index in [1.807, 2.05) is 0 Å². The van der Waals surface area contributed by atoms with Gasteiger partial charge in [0.1, 0.15) is 0 Å². The van der Waals surface area contributed by atoms with Crippen molar-refractivity contribution >= 4 is 0 Å². The van der Waals surface area contributed by atoms with Crippen LogP contribution in [0, 0.1) is 6.42 Å². The molecule has 0 heterocycles. The van der Waals surface area contributed by atoms with Crippen LogP contribution >= 0.6 is 0 Å². The van der Waals surface area contributed by atoms with Gasteiger partial charge in [-0.2, -0.15) is 0 Å². The largest absolute Gasteiger partial charge is 0.0654 e. The van der Waals surface area contributed by atoms with Crippen molar-refractivity contribution in [3.05, 3.63) is 6.42 Å². The average Bonchev–Trinajstić information content (AvgIpc) is 2.35. The van der Waals surface area contributed by atoms with E-state index in [-0.39, 0.29) is 0 Å². The van der Waals surface area contributed by atoms with Gasteiger partial charge in [0.15, 0.2) is 0 Å². The Morgan fingerprint density at radius 3 is 1.24 bits per heavy atom. The van der Waals surface area contributed by atoms with Gasteiger partial charge in [-0.1, -0.05) is 90.9 Å². The topological polar surface area (TPSA) is 0 Å². The highest BCUT2D eigenvalue weighted by Crippen LogP contribution is 2.12. The van der Waals surface area contributed by atoms with Gasteiger partial charge < -0.3 is 0 Å². The van der Waals surface area contributed by atoms with Gasteiger partial charge >= 0.3 is 0 Å². The molecule has 2 radical (unpaired) electrons. The molecular formula is C17H34. The lowest BCUT2D eigenvalue weighted by atomic mass is 10.0. The van der Waals surface area contributed by atoms with Crippen molar-refractivity contribution in [3.8, 4) is 0 Å². The maximum absolute atomic E-state index is 3.57. The zero-order chi connectivity index (χ0) is 12.6. The van der Waals surface area contributed by atoms with Crippen LogP contribution in [-0.4, -0.2) is 0 Å². The third-order valence-corrected chi connectivity index (χ3v) is 3.41. The molecule has 0 N–H and O–H groups in total. The van der Waals surface area contributed by atoms with Crippen LogP contribution in [0.5, 0.6) is 0 Å². The van der Waals surface area contributed by atoms with Crippen molar-refractivity contribution in [3.63, 3.8) is 0 Å². The molecule has 0 unspecified atom stereocenters. The third kappa shape index (κ3) is 16.0. The van der Waals surface area contributed by atoms with Crippen molar-refractivity contribution in [2.75, 3.05) is 0 Å². The second-order valence-electron chi connectivity index (χ2n) is 5.29. The number of unbranched alkanes of at least 4 members (excludes halogenated alkanes) is 14. The Bertz CT molecular complexity index is 103. The van der Waals surface area contributed by atoms with Gasteiger partial charge in [0.2, 0.25) is 0 Å². The van der Waals surface area contributed by atoms with Crippen LogP contribution in [0.15, 0.2) is 0 Å². The predicted octanol–water partition coefficient (Wildman–Crippen LogP) is 6.57. The zero-order valence-electron chi connectivity index (χ0n) is 12.4. The molecule has 0 saturated carbocycles. The van der Waals surface area contributed by atoms with Crippen LogP contribution < -0.4 is 0 Å². The average molecular weight is 238 g/mol. The quantitative estimate of drug-likeness (QED) is 0.300. The van der Waals surface area contributed by atoms with Crippen molar-refractivity contribution in [2.24, 2.45) is 0 Å². The van der Waals surface area contributed by atoms with E-state index < -0.39 is 0 Å². The summed E-state index contributed by atoms with van der Waals surface area (Å²) < 4.78 is 0. The van der Waals surface area contributed by atoms with E-state index in [0.29, 0.717) is 0 Å². The van der Waals surface area contributed by atoms with Crippen LogP contribution in [-0.2, 0) is 0 Å². The lowest BCUT2D eigenvalue weighted by Gasteiger charge is -2.02. The Morgan fingerprint density at radius 1 is 0.471 bits per heavy atom. The van der Waals surface area contributed by atoms with E-state index in [1.165, 1.54) is 89.9 Å². The summed E-state index contributed by atoms with van der Waals surface area (Å²) in [6.45, 7) is 4.56. The molecule has 102 valence electrons. The molecule has 0 spiro atoms. The van der Waals surface area contributed by atoms with Crippen molar-refractivity contribution in [1.29, 1.82) is 0 Å². The van der Waals surface area contributed by atoms with Crippen LogP contribution in [0.2, 0.25) is 0 Å². The number of hydrogen-bond acceptors (Lipinski definition) is 0. The summed E-state index contributed by atoms with van der Waals surface area (Å²) >= 11 is 0. The van der Waals surface area contributed by atoms with Gasteiger partial charge in [-0.05, 0) is 19.3 Å². The second kappa shape index (κ2) is 16.0. The number of rotatable bonds is 14. The summed E-state index contributed by atoms with van der Waals surface area (Å²) in [6.07, 6.45) is 22.9. The Labute approximate surface area is 111 Å². The molecule has 0 aliphatic heterocycles. The summed E-state index contributed by atoms with van der Waals surface area (Å²) in [7, 11) is 0.